The van der Waals surface area contributed by atoms with Crippen LogP contribution < -0.4 is 14.6 Å². The predicted molar refractivity (Wildman–Crippen MR) is 63.3 cm³/mol. The van der Waals surface area contributed by atoms with E-state index in [1.807, 2.05) is 19.0 Å². The Morgan fingerprint density at radius 3 is 2.35 bits per heavy atom. The summed E-state index contributed by atoms with van der Waals surface area (Å²) in [5.41, 5.74) is 0.910. The third-order valence-electron chi connectivity index (χ3n) is 2.13. The van der Waals surface area contributed by atoms with Crippen LogP contribution in [0, 0.1) is 0 Å². The number of aromatic nitrogens is 1. The average molecular weight is 257 g/mol. The second-order valence-corrected chi connectivity index (χ2v) is 5.53. The van der Waals surface area contributed by atoms with Crippen molar-refractivity contribution in [3.8, 4) is 0 Å². The van der Waals surface area contributed by atoms with Crippen LogP contribution in [0.15, 0.2) is 28.9 Å². The first-order chi connectivity index (χ1) is 7.85. The van der Waals surface area contributed by atoms with Crippen molar-refractivity contribution in [1.82, 2.24) is 0 Å². The fourth-order valence-corrected chi connectivity index (χ4v) is 1.54. The van der Waals surface area contributed by atoms with Crippen molar-refractivity contribution in [1.29, 1.82) is 0 Å². The van der Waals surface area contributed by atoms with Crippen LogP contribution in [-0.4, -0.2) is 34.3 Å². The first-order valence-corrected chi connectivity index (χ1v) is 6.65. The molecule has 0 saturated carbocycles. The van der Waals surface area contributed by atoms with Gasteiger partial charge in [-0.3, -0.25) is 0 Å². The summed E-state index contributed by atoms with van der Waals surface area (Å²) in [7, 11) is 0.0878. The molecule has 0 aliphatic rings. The van der Waals surface area contributed by atoms with E-state index in [1.165, 1.54) is 19.3 Å². The molecule has 0 radical (unpaired) electrons. The maximum atomic E-state index is 11.5. The van der Waals surface area contributed by atoms with Gasteiger partial charge in [-0.2, -0.15) is 8.42 Å². The van der Waals surface area contributed by atoms with Gasteiger partial charge < -0.3 is 10.0 Å². The molecule has 1 rings (SSSR count). The van der Waals surface area contributed by atoms with Crippen molar-refractivity contribution >= 4 is 21.7 Å². The fraction of sp³-hybridized carbons (Fsp3) is 0.400. The monoisotopic (exact) mass is 257 g/mol. The fourth-order valence-electron chi connectivity index (χ4n) is 1.07. The topological polar surface area (TPSA) is 76.7 Å². The number of pyridine rings is 1. The molecule has 17 heavy (non-hydrogen) atoms. The van der Waals surface area contributed by atoms with Gasteiger partial charge in [0.15, 0.2) is 0 Å². The van der Waals surface area contributed by atoms with E-state index in [4.69, 9.17) is 0 Å². The molecule has 0 atom stereocenters. The van der Waals surface area contributed by atoms with Crippen LogP contribution in [0.2, 0.25) is 0 Å². The molecule has 0 aromatic carbocycles. The minimum atomic E-state index is -3.65. The summed E-state index contributed by atoms with van der Waals surface area (Å²) in [5, 5.41) is 11.5. The second kappa shape index (κ2) is 5.13. The van der Waals surface area contributed by atoms with Gasteiger partial charge in [-0.25, -0.2) is 4.57 Å². The summed E-state index contributed by atoms with van der Waals surface area (Å²) in [4.78, 5) is 1.87. The van der Waals surface area contributed by atoms with E-state index in [2.05, 4.69) is 4.40 Å². The zero-order valence-corrected chi connectivity index (χ0v) is 10.8. The Hall–Kier alpha value is -1.63. The van der Waals surface area contributed by atoms with Gasteiger partial charge >= 0.3 is 10.0 Å². The molecule has 0 aliphatic carbocycles. The first kappa shape index (κ1) is 13.4. The summed E-state index contributed by atoms with van der Waals surface area (Å²) in [5.74, 6) is -0.185. The number of nitrogens with zero attached hydrogens (tertiary/aromatic N) is 3. The van der Waals surface area contributed by atoms with Gasteiger partial charge in [0.05, 0.1) is 18.1 Å². The second-order valence-electron chi connectivity index (χ2n) is 3.60. The van der Waals surface area contributed by atoms with Crippen molar-refractivity contribution in [3.05, 3.63) is 24.5 Å². The van der Waals surface area contributed by atoms with E-state index in [9.17, 15) is 13.5 Å². The number of rotatable bonds is 3. The molecule has 0 fully saturated rings. The molecule has 0 N–H and O–H groups in total. The van der Waals surface area contributed by atoms with E-state index in [-0.39, 0.29) is 5.75 Å². The lowest BCUT2D eigenvalue weighted by molar-refractivity contribution is -0.613. The zero-order valence-electron chi connectivity index (χ0n) is 9.99. The average Bonchev–Trinajstić information content (AvgIpc) is 2.28. The Morgan fingerprint density at radius 2 is 1.94 bits per heavy atom. The van der Waals surface area contributed by atoms with Crippen molar-refractivity contribution in [2.75, 3.05) is 24.7 Å². The van der Waals surface area contributed by atoms with E-state index < -0.39 is 16.0 Å². The van der Waals surface area contributed by atoms with Gasteiger partial charge in [0.2, 0.25) is 0 Å². The van der Waals surface area contributed by atoms with Gasteiger partial charge in [-0.1, -0.05) is 0 Å². The Morgan fingerprint density at radius 1 is 1.41 bits per heavy atom. The number of anilines is 1. The molecule has 0 unspecified atom stereocenters. The lowest BCUT2D eigenvalue weighted by atomic mass is 10.4. The molecule has 94 valence electrons. The van der Waals surface area contributed by atoms with Crippen molar-refractivity contribution in [2.45, 2.75) is 6.92 Å². The highest BCUT2D eigenvalue weighted by molar-refractivity contribution is 7.90. The van der Waals surface area contributed by atoms with Crippen molar-refractivity contribution in [3.63, 3.8) is 0 Å². The molecule has 6 nitrogen and oxygen atoms in total. The van der Waals surface area contributed by atoms with Crippen LogP contribution >= 0.6 is 0 Å². The van der Waals surface area contributed by atoms with Gasteiger partial charge in [-0.05, 0) is 6.92 Å². The predicted octanol–water partition coefficient (Wildman–Crippen LogP) is -1.05. The SMILES string of the molecule is CCS(=O)(=O)/N=C(\[O-])[n+]1ccc(N(C)C)cc1. The van der Waals surface area contributed by atoms with Gasteiger partial charge in [0.1, 0.15) is 0 Å². The highest BCUT2D eigenvalue weighted by Crippen LogP contribution is 2.05. The van der Waals surface area contributed by atoms with Gasteiger partial charge in [0.25, 0.3) is 6.02 Å². The van der Waals surface area contributed by atoms with E-state index in [1.54, 1.807) is 12.1 Å². The molecule has 0 aliphatic heterocycles. The van der Waals surface area contributed by atoms with Crippen LogP contribution in [0.1, 0.15) is 6.92 Å². The van der Waals surface area contributed by atoms with Crippen LogP contribution in [0.5, 0.6) is 0 Å². The first-order valence-electron chi connectivity index (χ1n) is 5.04. The quantitative estimate of drug-likeness (QED) is 0.393. The molecule has 7 heteroatoms. The molecule has 0 bridgehead atoms. The van der Waals surface area contributed by atoms with E-state index in [0.29, 0.717) is 0 Å². The third kappa shape index (κ3) is 3.70. The van der Waals surface area contributed by atoms with Gasteiger partial charge in [-0.15, -0.1) is 0 Å². The third-order valence-corrected chi connectivity index (χ3v) is 3.30. The summed E-state index contributed by atoms with van der Waals surface area (Å²) in [6.45, 7) is 1.44. The molecule has 0 amide bonds. The summed E-state index contributed by atoms with van der Waals surface area (Å²) in [6.07, 6.45) is 2.96. The van der Waals surface area contributed by atoms with Crippen molar-refractivity contribution in [2.24, 2.45) is 4.40 Å². The summed E-state index contributed by atoms with van der Waals surface area (Å²) >= 11 is 0. The Bertz CT molecular complexity index is 506. The summed E-state index contributed by atoms with van der Waals surface area (Å²) < 4.78 is 26.6. The molecule has 1 heterocycles. The smallest absolute Gasteiger partial charge is 0.338 e. The number of hydrogen-bond donors (Lipinski definition) is 0. The maximum Gasteiger partial charge on any atom is 0.338 e. The zero-order chi connectivity index (χ0) is 13.1. The Balaban J connectivity index is 3.02. The van der Waals surface area contributed by atoms with Crippen LogP contribution in [0.25, 0.3) is 0 Å². The molecular weight excluding hydrogens is 242 g/mol. The van der Waals surface area contributed by atoms with E-state index in [0.717, 1.165) is 10.3 Å². The highest BCUT2D eigenvalue weighted by Gasteiger charge is 2.12. The Labute approximate surface area is 101 Å². The molecule has 1 aromatic heterocycles. The maximum absolute atomic E-state index is 11.5. The Kier molecular flexibility index (Phi) is 4.06. The molecule has 0 spiro atoms. The van der Waals surface area contributed by atoms with Crippen LogP contribution in [-0.2, 0) is 10.0 Å². The lowest BCUT2D eigenvalue weighted by Gasteiger charge is -2.12. The number of hydrogen-bond acceptors (Lipinski definition) is 4. The molecule has 0 saturated heterocycles. The molecule has 1 aromatic rings. The minimum absolute atomic E-state index is 0.185. The standard InChI is InChI=1S/C10H15N3O3S/c1-4-17(15,16)11-10(14)13-7-5-9(6-8-13)12(2)3/h5-8H,4H2,1-3H3. The minimum Gasteiger partial charge on any atom is -0.806 e. The molecular formula is C10H15N3O3S. The normalized spacial score (nSPS) is 12.5. The summed E-state index contributed by atoms with van der Waals surface area (Å²) in [6, 6.07) is 2.59. The lowest BCUT2D eigenvalue weighted by Crippen LogP contribution is -2.51. The van der Waals surface area contributed by atoms with Gasteiger partial charge in [0, 0.05) is 36.3 Å². The van der Waals surface area contributed by atoms with Crippen LogP contribution in [0.4, 0.5) is 5.69 Å². The van der Waals surface area contributed by atoms with Crippen molar-refractivity contribution < 1.29 is 18.1 Å². The highest BCUT2D eigenvalue weighted by atomic mass is 32.2. The largest absolute Gasteiger partial charge is 0.806 e. The van der Waals surface area contributed by atoms with E-state index >= 15 is 0 Å². The number of sulfonamides is 1. The van der Waals surface area contributed by atoms with Crippen LogP contribution in [0.3, 0.4) is 0 Å².